The predicted molar refractivity (Wildman–Crippen MR) is 156 cm³/mol. The summed E-state index contributed by atoms with van der Waals surface area (Å²) in [6, 6.07) is 9.19. The highest BCUT2D eigenvalue weighted by molar-refractivity contribution is 5.27. The smallest absolute Gasteiger partial charge is 0.119 e. The van der Waals surface area contributed by atoms with Gasteiger partial charge in [-0.3, -0.25) is 4.90 Å². The molecule has 3 aliphatic carbocycles. The molecule has 5 heteroatoms. The van der Waals surface area contributed by atoms with E-state index in [1.54, 1.807) is 0 Å². The minimum Gasteiger partial charge on any atom is -0.508 e. The van der Waals surface area contributed by atoms with Gasteiger partial charge in [-0.05, 0) is 106 Å². The van der Waals surface area contributed by atoms with Crippen LogP contribution in [0.5, 0.6) is 5.75 Å². The quantitative estimate of drug-likeness (QED) is 0.295. The van der Waals surface area contributed by atoms with Crippen LogP contribution in [0.3, 0.4) is 0 Å². The summed E-state index contributed by atoms with van der Waals surface area (Å²) >= 11 is 0. The molecule has 1 aromatic carbocycles. The summed E-state index contributed by atoms with van der Waals surface area (Å²) in [6.07, 6.45) is 18.3. The summed E-state index contributed by atoms with van der Waals surface area (Å²) in [7, 11) is 4.00. The first kappa shape index (κ1) is 28.9. The summed E-state index contributed by atoms with van der Waals surface area (Å²) in [6.45, 7) is 9.29. The molecule has 38 heavy (non-hydrogen) atoms. The van der Waals surface area contributed by atoms with E-state index in [0.717, 1.165) is 51.4 Å². The SMILES string of the molecule is CCCCN(C)CCOc1ccc(CN(CC)C2CC(OC)C=CC2[C@@H]2CCC3C=C(O)C=CC3C2)cc1. The van der Waals surface area contributed by atoms with Gasteiger partial charge in [0.05, 0.1) is 6.10 Å². The summed E-state index contributed by atoms with van der Waals surface area (Å²) in [5.74, 6) is 3.63. The average Bonchev–Trinajstić information content (AvgIpc) is 2.95. The molecule has 4 rings (SSSR count). The van der Waals surface area contributed by atoms with Crippen LogP contribution in [0.4, 0.5) is 0 Å². The molecular formula is C33H50N2O3. The van der Waals surface area contributed by atoms with Gasteiger partial charge in [0.25, 0.3) is 0 Å². The van der Waals surface area contributed by atoms with Gasteiger partial charge in [0.1, 0.15) is 18.1 Å². The molecule has 0 aromatic heterocycles. The Hall–Kier alpha value is -2.08. The van der Waals surface area contributed by atoms with Crippen molar-refractivity contribution in [1.82, 2.24) is 9.80 Å². The van der Waals surface area contributed by atoms with Crippen LogP contribution in [0.1, 0.15) is 57.9 Å². The van der Waals surface area contributed by atoms with E-state index >= 15 is 0 Å². The number of nitrogens with zero attached hydrogens (tertiary/aromatic N) is 2. The maximum atomic E-state index is 9.95. The minimum absolute atomic E-state index is 0.183. The Morgan fingerprint density at radius 3 is 2.53 bits per heavy atom. The maximum absolute atomic E-state index is 9.95. The Balaban J connectivity index is 1.37. The third-order valence-electron chi connectivity index (χ3n) is 9.03. The fraction of sp³-hybridized carbons (Fsp3) is 0.636. The van der Waals surface area contributed by atoms with Gasteiger partial charge in [0, 0.05) is 26.2 Å². The number of rotatable bonds is 13. The second-order valence-corrected chi connectivity index (χ2v) is 11.6. The van der Waals surface area contributed by atoms with Crippen molar-refractivity contribution in [3.63, 3.8) is 0 Å². The molecule has 5 unspecified atom stereocenters. The molecule has 210 valence electrons. The van der Waals surface area contributed by atoms with E-state index in [1.165, 1.54) is 31.2 Å². The zero-order valence-corrected chi connectivity index (χ0v) is 24.1. The van der Waals surface area contributed by atoms with Gasteiger partial charge < -0.3 is 19.5 Å². The highest BCUT2D eigenvalue weighted by Gasteiger charge is 2.39. The van der Waals surface area contributed by atoms with Gasteiger partial charge in [0.2, 0.25) is 0 Å². The zero-order chi connectivity index (χ0) is 26.9. The van der Waals surface area contributed by atoms with Crippen LogP contribution in [-0.2, 0) is 11.3 Å². The molecule has 0 radical (unpaired) electrons. The van der Waals surface area contributed by atoms with Crippen molar-refractivity contribution in [3.05, 3.63) is 66.0 Å². The number of unbranched alkanes of at least 4 members (excludes halogenated alkanes) is 1. The van der Waals surface area contributed by atoms with Crippen LogP contribution < -0.4 is 4.74 Å². The second kappa shape index (κ2) is 14.3. The van der Waals surface area contributed by atoms with Gasteiger partial charge in [-0.2, -0.15) is 0 Å². The Kier molecular flexibility index (Phi) is 10.9. The van der Waals surface area contributed by atoms with E-state index in [0.29, 0.717) is 35.5 Å². The van der Waals surface area contributed by atoms with Crippen LogP contribution in [0.15, 0.2) is 60.4 Å². The third kappa shape index (κ3) is 7.74. The first-order chi connectivity index (χ1) is 18.5. The molecule has 3 aliphatic rings. The van der Waals surface area contributed by atoms with Gasteiger partial charge >= 0.3 is 0 Å². The van der Waals surface area contributed by atoms with E-state index < -0.39 is 0 Å². The second-order valence-electron chi connectivity index (χ2n) is 11.6. The molecule has 5 nitrogen and oxygen atoms in total. The lowest BCUT2D eigenvalue weighted by Crippen LogP contribution is -2.47. The number of methoxy groups -OCH3 is 1. The molecule has 1 N–H and O–H groups in total. The Morgan fingerprint density at radius 1 is 0.974 bits per heavy atom. The van der Waals surface area contributed by atoms with Crippen molar-refractivity contribution in [2.24, 2.45) is 23.7 Å². The van der Waals surface area contributed by atoms with Crippen LogP contribution in [0.2, 0.25) is 0 Å². The fourth-order valence-electron chi connectivity index (χ4n) is 6.68. The highest BCUT2D eigenvalue weighted by Crippen LogP contribution is 2.44. The normalized spacial score (nSPS) is 28.9. The number of allylic oxidation sites excluding steroid dienone is 3. The molecule has 0 aliphatic heterocycles. The lowest BCUT2D eigenvalue weighted by molar-refractivity contribution is 0.0369. The van der Waals surface area contributed by atoms with Crippen molar-refractivity contribution in [3.8, 4) is 5.75 Å². The Labute approximate surface area is 231 Å². The maximum Gasteiger partial charge on any atom is 0.119 e. The zero-order valence-electron chi connectivity index (χ0n) is 24.1. The van der Waals surface area contributed by atoms with Crippen LogP contribution >= 0.6 is 0 Å². The first-order valence-corrected chi connectivity index (χ1v) is 14.9. The van der Waals surface area contributed by atoms with Crippen molar-refractivity contribution >= 4 is 0 Å². The number of benzene rings is 1. The van der Waals surface area contributed by atoms with Gasteiger partial charge in [-0.25, -0.2) is 0 Å². The number of aliphatic hydroxyl groups is 1. The summed E-state index contributed by atoms with van der Waals surface area (Å²) < 4.78 is 11.8. The van der Waals surface area contributed by atoms with Crippen molar-refractivity contribution in [1.29, 1.82) is 0 Å². The Morgan fingerprint density at radius 2 is 1.79 bits per heavy atom. The van der Waals surface area contributed by atoms with Crippen LogP contribution in [-0.4, -0.2) is 67.5 Å². The van der Waals surface area contributed by atoms with E-state index in [4.69, 9.17) is 9.47 Å². The lowest BCUT2D eigenvalue weighted by Gasteiger charge is -2.45. The average molecular weight is 523 g/mol. The molecule has 6 atom stereocenters. The number of aliphatic hydroxyl groups excluding tert-OH is 1. The molecule has 0 amide bonds. The fourth-order valence-corrected chi connectivity index (χ4v) is 6.68. The van der Waals surface area contributed by atoms with Crippen molar-refractivity contribution in [2.45, 2.75) is 71.1 Å². The summed E-state index contributed by atoms with van der Waals surface area (Å²) in [5.41, 5.74) is 1.33. The van der Waals surface area contributed by atoms with Crippen molar-refractivity contribution < 1.29 is 14.6 Å². The van der Waals surface area contributed by atoms with Gasteiger partial charge in [-0.1, -0.05) is 50.6 Å². The monoisotopic (exact) mass is 522 g/mol. The summed E-state index contributed by atoms with van der Waals surface area (Å²) in [5, 5.41) is 9.95. The van der Waals surface area contributed by atoms with Crippen LogP contribution in [0, 0.1) is 23.7 Å². The van der Waals surface area contributed by atoms with E-state index in [1.807, 2.05) is 13.2 Å². The predicted octanol–water partition coefficient (Wildman–Crippen LogP) is 6.62. The third-order valence-corrected chi connectivity index (χ3v) is 9.03. The van der Waals surface area contributed by atoms with E-state index in [9.17, 15) is 5.11 Å². The molecule has 0 saturated heterocycles. The minimum atomic E-state index is 0.183. The molecule has 1 aromatic rings. The Bertz CT molecular complexity index is 940. The summed E-state index contributed by atoms with van der Waals surface area (Å²) in [4.78, 5) is 5.00. The molecule has 1 fully saturated rings. The molecule has 0 heterocycles. The van der Waals surface area contributed by atoms with Crippen LogP contribution in [0.25, 0.3) is 0 Å². The standard InChI is InChI=1S/C33H50N2O3/c1-5-7-18-34(3)19-20-38-30-14-8-25(9-15-30)24-35(6-2)33-23-31(37-4)16-17-32(33)28-11-10-27-22-29(36)13-12-26(27)21-28/h8-9,12-17,22,26-28,31-33,36H,5-7,10-11,18-21,23-24H2,1-4H3/t26?,27?,28-,31?,32?,33?/m1/s1. The largest absolute Gasteiger partial charge is 0.508 e. The van der Waals surface area contributed by atoms with Crippen molar-refractivity contribution in [2.75, 3.05) is 40.4 Å². The number of likely N-dealkylation sites (N-methyl/N-ethyl adjacent to an activating group) is 1. The molecule has 1 saturated carbocycles. The lowest BCUT2D eigenvalue weighted by atomic mass is 9.65. The van der Waals surface area contributed by atoms with Gasteiger partial charge in [0.15, 0.2) is 0 Å². The number of hydrogen-bond acceptors (Lipinski definition) is 5. The number of ether oxygens (including phenoxy) is 2. The number of hydrogen-bond donors (Lipinski definition) is 1. The molecule has 0 bridgehead atoms. The topological polar surface area (TPSA) is 45.2 Å². The highest BCUT2D eigenvalue weighted by atomic mass is 16.5. The van der Waals surface area contributed by atoms with E-state index in [2.05, 4.69) is 79.3 Å². The molecule has 0 spiro atoms. The first-order valence-electron chi connectivity index (χ1n) is 14.9. The van der Waals surface area contributed by atoms with E-state index in [-0.39, 0.29) is 6.10 Å². The number of fused-ring (bicyclic) bond motifs is 1. The molecular weight excluding hydrogens is 472 g/mol. The van der Waals surface area contributed by atoms with Gasteiger partial charge in [-0.15, -0.1) is 0 Å².